The van der Waals surface area contributed by atoms with Gasteiger partial charge in [0.15, 0.2) is 5.96 Å². The predicted molar refractivity (Wildman–Crippen MR) is 111 cm³/mol. The van der Waals surface area contributed by atoms with E-state index in [1.807, 2.05) is 32.9 Å². The molecule has 1 aromatic rings. The first kappa shape index (κ1) is 20.9. The van der Waals surface area contributed by atoms with Gasteiger partial charge < -0.3 is 25.2 Å². The molecule has 0 spiro atoms. The number of benzene rings is 1. The Labute approximate surface area is 162 Å². The second-order valence-electron chi connectivity index (χ2n) is 7.66. The minimum Gasteiger partial charge on any atom is -0.497 e. The van der Waals surface area contributed by atoms with Crippen molar-refractivity contribution < 1.29 is 9.53 Å². The van der Waals surface area contributed by atoms with Crippen molar-refractivity contribution in [3.8, 4) is 5.75 Å². The molecule has 0 radical (unpaired) electrons. The molecule has 0 bridgehead atoms. The molecule has 0 atom stereocenters. The number of ether oxygens (including phenoxy) is 1. The normalized spacial score (nSPS) is 15.5. The fourth-order valence-corrected chi connectivity index (χ4v) is 2.93. The van der Waals surface area contributed by atoms with E-state index in [0.29, 0.717) is 13.1 Å². The van der Waals surface area contributed by atoms with Crippen molar-refractivity contribution in [2.75, 3.05) is 58.3 Å². The average Bonchev–Trinajstić information content (AvgIpc) is 2.67. The van der Waals surface area contributed by atoms with Crippen LogP contribution in [0.1, 0.15) is 20.8 Å². The van der Waals surface area contributed by atoms with E-state index in [1.165, 1.54) is 5.69 Å². The summed E-state index contributed by atoms with van der Waals surface area (Å²) in [4.78, 5) is 20.9. The third-order valence-corrected chi connectivity index (χ3v) is 4.58. The molecule has 0 saturated carbocycles. The lowest BCUT2D eigenvalue weighted by Crippen LogP contribution is -2.53. The van der Waals surface area contributed by atoms with Crippen LogP contribution >= 0.6 is 0 Å². The van der Waals surface area contributed by atoms with Crippen LogP contribution < -0.4 is 20.3 Å². The quantitative estimate of drug-likeness (QED) is 0.464. The summed E-state index contributed by atoms with van der Waals surface area (Å²) in [5, 5.41) is 6.29. The molecule has 1 heterocycles. The molecule has 0 aromatic heterocycles. The molecule has 150 valence electrons. The molecular formula is C20H33N5O2. The number of rotatable bonds is 5. The van der Waals surface area contributed by atoms with E-state index in [0.717, 1.165) is 37.9 Å². The Morgan fingerprint density at radius 3 is 2.41 bits per heavy atom. The first-order valence-corrected chi connectivity index (χ1v) is 9.48. The molecule has 1 aliphatic heterocycles. The number of aliphatic imine (C=N–C) groups is 1. The van der Waals surface area contributed by atoms with Gasteiger partial charge in [0.25, 0.3) is 0 Å². The van der Waals surface area contributed by atoms with E-state index in [-0.39, 0.29) is 11.3 Å². The minimum atomic E-state index is -0.363. The molecule has 7 heteroatoms. The van der Waals surface area contributed by atoms with Crippen LogP contribution in [0.25, 0.3) is 0 Å². The molecule has 1 aliphatic rings. The van der Waals surface area contributed by atoms with E-state index in [4.69, 9.17) is 4.74 Å². The Balaban J connectivity index is 1.78. The summed E-state index contributed by atoms with van der Waals surface area (Å²) in [6.45, 7) is 10.6. The van der Waals surface area contributed by atoms with Gasteiger partial charge in [0.1, 0.15) is 5.75 Å². The summed E-state index contributed by atoms with van der Waals surface area (Å²) in [5.74, 6) is 1.82. The lowest BCUT2D eigenvalue weighted by atomic mass is 9.96. The van der Waals surface area contributed by atoms with Crippen LogP contribution in [0.15, 0.2) is 29.3 Å². The predicted octanol–water partition coefficient (Wildman–Crippen LogP) is 1.55. The smallest absolute Gasteiger partial charge is 0.225 e. The second-order valence-corrected chi connectivity index (χ2v) is 7.66. The van der Waals surface area contributed by atoms with Gasteiger partial charge in [0, 0.05) is 63.5 Å². The van der Waals surface area contributed by atoms with Gasteiger partial charge in [-0.05, 0) is 12.1 Å². The van der Waals surface area contributed by atoms with Crippen LogP contribution in [0, 0.1) is 5.41 Å². The maximum absolute atomic E-state index is 11.9. The van der Waals surface area contributed by atoms with Crippen LogP contribution in [0.2, 0.25) is 0 Å². The molecule has 2 N–H and O–H groups in total. The molecule has 27 heavy (non-hydrogen) atoms. The van der Waals surface area contributed by atoms with Crippen molar-refractivity contribution >= 4 is 17.6 Å². The SMILES string of the molecule is CN=C(NCCNC(=O)C(C)(C)C)N1CCN(c2cccc(OC)c2)CC1. The fourth-order valence-electron chi connectivity index (χ4n) is 2.93. The molecule has 2 rings (SSSR count). The summed E-state index contributed by atoms with van der Waals surface area (Å²) in [7, 11) is 3.49. The van der Waals surface area contributed by atoms with Gasteiger partial charge in [0.05, 0.1) is 7.11 Å². The highest BCUT2D eigenvalue weighted by molar-refractivity contribution is 5.82. The van der Waals surface area contributed by atoms with Crippen LogP contribution in [-0.4, -0.2) is 70.2 Å². The Hall–Kier alpha value is -2.44. The summed E-state index contributed by atoms with van der Waals surface area (Å²) in [6, 6.07) is 8.17. The largest absolute Gasteiger partial charge is 0.497 e. The lowest BCUT2D eigenvalue weighted by Gasteiger charge is -2.37. The zero-order valence-electron chi connectivity index (χ0n) is 17.2. The van der Waals surface area contributed by atoms with Crippen molar-refractivity contribution in [1.82, 2.24) is 15.5 Å². The molecule has 1 fully saturated rings. The maximum atomic E-state index is 11.9. The standard InChI is InChI=1S/C20H33N5O2/c1-20(2,3)18(26)22-9-10-23-19(21-4)25-13-11-24(12-14-25)16-7-6-8-17(15-16)27-5/h6-8,15H,9-14H2,1-5H3,(H,21,23)(H,22,26). The number of carbonyl (C=O) groups is 1. The number of methoxy groups -OCH3 is 1. The molecule has 1 aromatic carbocycles. The van der Waals surface area contributed by atoms with E-state index in [1.54, 1.807) is 14.2 Å². The van der Waals surface area contributed by atoms with E-state index < -0.39 is 0 Å². The third-order valence-electron chi connectivity index (χ3n) is 4.58. The topological polar surface area (TPSA) is 69.2 Å². The van der Waals surface area contributed by atoms with Gasteiger partial charge >= 0.3 is 0 Å². The highest BCUT2D eigenvalue weighted by Gasteiger charge is 2.21. The fraction of sp³-hybridized carbons (Fsp3) is 0.600. The zero-order valence-corrected chi connectivity index (χ0v) is 17.2. The summed E-state index contributed by atoms with van der Waals surface area (Å²) in [5.41, 5.74) is 0.819. The van der Waals surface area contributed by atoms with Gasteiger partial charge in [-0.25, -0.2) is 0 Å². The number of hydrogen-bond donors (Lipinski definition) is 2. The number of nitrogens with one attached hydrogen (secondary N) is 2. The van der Waals surface area contributed by atoms with Gasteiger partial charge in [-0.3, -0.25) is 9.79 Å². The molecule has 1 amide bonds. The summed E-state index contributed by atoms with van der Waals surface area (Å²) < 4.78 is 5.32. The summed E-state index contributed by atoms with van der Waals surface area (Å²) >= 11 is 0. The second kappa shape index (κ2) is 9.48. The highest BCUT2D eigenvalue weighted by Crippen LogP contribution is 2.22. The van der Waals surface area contributed by atoms with Crippen molar-refractivity contribution in [2.45, 2.75) is 20.8 Å². The first-order chi connectivity index (χ1) is 12.8. The Morgan fingerprint density at radius 2 is 1.81 bits per heavy atom. The van der Waals surface area contributed by atoms with Crippen molar-refractivity contribution in [1.29, 1.82) is 0 Å². The van der Waals surface area contributed by atoms with Crippen molar-refractivity contribution in [3.63, 3.8) is 0 Å². The molecular weight excluding hydrogens is 342 g/mol. The monoisotopic (exact) mass is 375 g/mol. The third kappa shape index (κ3) is 6.05. The minimum absolute atomic E-state index is 0.0613. The number of hydrogen-bond acceptors (Lipinski definition) is 4. The van der Waals surface area contributed by atoms with Gasteiger partial charge in [0.2, 0.25) is 5.91 Å². The Kier molecular flexibility index (Phi) is 7.33. The number of guanidine groups is 1. The van der Waals surface area contributed by atoms with E-state index >= 15 is 0 Å². The van der Waals surface area contributed by atoms with E-state index in [2.05, 4.69) is 37.6 Å². The Morgan fingerprint density at radius 1 is 1.15 bits per heavy atom. The Bertz CT molecular complexity index is 646. The average molecular weight is 376 g/mol. The highest BCUT2D eigenvalue weighted by atomic mass is 16.5. The van der Waals surface area contributed by atoms with Crippen LogP contribution in [0.3, 0.4) is 0 Å². The van der Waals surface area contributed by atoms with Gasteiger partial charge in [-0.2, -0.15) is 0 Å². The number of nitrogens with zero attached hydrogens (tertiary/aromatic N) is 3. The van der Waals surface area contributed by atoms with Crippen LogP contribution in [-0.2, 0) is 4.79 Å². The van der Waals surface area contributed by atoms with Gasteiger partial charge in [-0.15, -0.1) is 0 Å². The van der Waals surface area contributed by atoms with Gasteiger partial charge in [-0.1, -0.05) is 26.8 Å². The number of anilines is 1. The lowest BCUT2D eigenvalue weighted by molar-refractivity contribution is -0.128. The number of amides is 1. The zero-order chi connectivity index (χ0) is 19.9. The number of carbonyl (C=O) groups excluding carboxylic acids is 1. The molecule has 1 saturated heterocycles. The molecule has 0 aliphatic carbocycles. The van der Waals surface area contributed by atoms with Crippen LogP contribution in [0.5, 0.6) is 5.75 Å². The van der Waals surface area contributed by atoms with E-state index in [9.17, 15) is 4.79 Å². The first-order valence-electron chi connectivity index (χ1n) is 9.48. The number of piperazine rings is 1. The molecule has 0 unspecified atom stereocenters. The molecule has 7 nitrogen and oxygen atoms in total. The maximum Gasteiger partial charge on any atom is 0.225 e. The van der Waals surface area contributed by atoms with Crippen molar-refractivity contribution in [2.24, 2.45) is 10.4 Å². The summed E-state index contributed by atoms with van der Waals surface area (Å²) in [6.07, 6.45) is 0. The van der Waals surface area contributed by atoms with Crippen LogP contribution in [0.4, 0.5) is 5.69 Å². The van der Waals surface area contributed by atoms with Crippen molar-refractivity contribution in [3.05, 3.63) is 24.3 Å².